The Balaban J connectivity index is 2.24. The maximum atomic E-state index is 12.4. The molecule has 108 valence electrons. The van der Waals surface area contributed by atoms with Gasteiger partial charge in [0.05, 0.1) is 12.1 Å². The Kier molecular flexibility index (Phi) is 3.74. The van der Waals surface area contributed by atoms with Crippen molar-refractivity contribution in [1.82, 2.24) is 10.2 Å². The molecule has 1 aromatic heterocycles. The first-order valence-electron chi connectivity index (χ1n) is 6.14. The predicted molar refractivity (Wildman–Crippen MR) is 66.0 cm³/mol. The summed E-state index contributed by atoms with van der Waals surface area (Å²) in [6, 6.07) is 1.88. The van der Waals surface area contributed by atoms with E-state index in [1.807, 2.05) is 13.8 Å². The molecule has 0 spiro atoms. The first kappa shape index (κ1) is 14.4. The zero-order valence-corrected chi connectivity index (χ0v) is 11.0. The SMILES string of the molecule is CCC(C)C1=NN(c2ccc(C(F)(F)F)nn2)C(=O)C1. The van der Waals surface area contributed by atoms with Gasteiger partial charge >= 0.3 is 6.18 Å². The Morgan fingerprint density at radius 3 is 2.55 bits per heavy atom. The van der Waals surface area contributed by atoms with Crippen molar-refractivity contribution in [3.05, 3.63) is 17.8 Å². The second-order valence-electron chi connectivity index (χ2n) is 4.56. The fraction of sp³-hybridized carbons (Fsp3) is 0.500. The van der Waals surface area contributed by atoms with Crippen molar-refractivity contribution in [3.63, 3.8) is 0 Å². The molecule has 1 unspecified atom stereocenters. The van der Waals surface area contributed by atoms with Gasteiger partial charge in [0.1, 0.15) is 0 Å². The minimum Gasteiger partial charge on any atom is -0.272 e. The molecule has 5 nitrogen and oxygen atoms in total. The van der Waals surface area contributed by atoms with E-state index in [4.69, 9.17) is 0 Å². The molecule has 2 heterocycles. The van der Waals surface area contributed by atoms with Crippen molar-refractivity contribution in [2.75, 3.05) is 5.01 Å². The lowest BCUT2D eigenvalue weighted by atomic mass is 10.0. The second kappa shape index (κ2) is 5.18. The van der Waals surface area contributed by atoms with Gasteiger partial charge in [0.2, 0.25) is 0 Å². The van der Waals surface area contributed by atoms with Gasteiger partial charge in [-0.05, 0) is 24.5 Å². The van der Waals surface area contributed by atoms with Crippen LogP contribution in [-0.2, 0) is 11.0 Å². The molecule has 0 aromatic carbocycles. The van der Waals surface area contributed by atoms with E-state index >= 15 is 0 Å². The highest BCUT2D eigenvalue weighted by Crippen LogP contribution is 2.28. The van der Waals surface area contributed by atoms with Crippen molar-refractivity contribution in [1.29, 1.82) is 0 Å². The number of carbonyl (C=O) groups is 1. The van der Waals surface area contributed by atoms with Crippen LogP contribution < -0.4 is 5.01 Å². The highest BCUT2D eigenvalue weighted by Gasteiger charge is 2.34. The van der Waals surface area contributed by atoms with Crippen LogP contribution in [0.4, 0.5) is 19.0 Å². The van der Waals surface area contributed by atoms with Crippen molar-refractivity contribution in [3.8, 4) is 0 Å². The zero-order valence-electron chi connectivity index (χ0n) is 11.0. The molecule has 0 aliphatic carbocycles. The lowest BCUT2D eigenvalue weighted by Crippen LogP contribution is -2.21. The molecule has 1 aromatic rings. The normalized spacial score (nSPS) is 17.4. The molecule has 1 aliphatic heterocycles. The summed E-state index contributed by atoms with van der Waals surface area (Å²) in [7, 11) is 0. The highest BCUT2D eigenvalue weighted by molar-refractivity contribution is 6.13. The molecule has 0 saturated heterocycles. The van der Waals surface area contributed by atoms with E-state index in [0.717, 1.165) is 23.6 Å². The number of hydrazone groups is 1. The van der Waals surface area contributed by atoms with Crippen molar-refractivity contribution in [2.24, 2.45) is 11.0 Å². The van der Waals surface area contributed by atoms with Crippen LogP contribution in [0.25, 0.3) is 0 Å². The Morgan fingerprint density at radius 2 is 2.05 bits per heavy atom. The van der Waals surface area contributed by atoms with Crippen molar-refractivity contribution < 1.29 is 18.0 Å². The molecule has 0 saturated carbocycles. The van der Waals surface area contributed by atoms with E-state index in [9.17, 15) is 18.0 Å². The third-order valence-electron chi connectivity index (χ3n) is 3.14. The number of anilines is 1. The monoisotopic (exact) mass is 286 g/mol. The van der Waals surface area contributed by atoms with Gasteiger partial charge in [-0.15, -0.1) is 10.2 Å². The van der Waals surface area contributed by atoms with Gasteiger partial charge in [0.25, 0.3) is 5.91 Å². The Hall–Kier alpha value is -1.99. The van der Waals surface area contributed by atoms with Gasteiger partial charge in [-0.2, -0.15) is 23.3 Å². The summed E-state index contributed by atoms with van der Waals surface area (Å²) < 4.78 is 37.1. The number of hydrogen-bond donors (Lipinski definition) is 0. The topological polar surface area (TPSA) is 58.5 Å². The fourth-order valence-corrected chi connectivity index (χ4v) is 1.73. The van der Waals surface area contributed by atoms with Gasteiger partial charge in [0.15, 0.2) is 11.5 Å². The molecular weight excluding hydrogens is 273 g/mol. The number of hydrogen-bond acceptors (Lipinski definition) is 4. The van der Waals surface area contributed by atoms with Gasteiger partial charge < -0.3 is 0 Å². The molecule has 0 N–H and O–H groups in total. The first-order valence-corrected chi connectivity index (χ1v) is 6.14. The summed E-state index contributed by atoms with van der Waals surface area (Å²) >= 11 is 0. The Morgan fingerprint density at radius 1 is 1.35 bits per heavy atom. The molecule has 1 amide bonds. The number of nitrogens with zero attached hydrogens (tertiary/aromatic N) is 4. The Labute approximate surface area is 113 Å². The molecule has 1 atom stereocenters. The van der Waals surface area contributed by atoms with Gasteiger partial charge in [-0.1, -0.05) is 13.8 Å². The summed E-state index contributed by atoms with van der Waals surface area (Å²) in [6.45, 7) is 3.91. The Bertz CT molecular complexity index is 539. The summed E-state index contributed by atoms with van der Waals surface area (Å²) in [5, 5.41) is 11.6. The molecule has 1 aliphatic rings. The van der Waals surface area contributed by atoms with Crippen LogP contribution >= 0.6 is 0 Å². The predicted octanol–water partition coefficient (Wildman–Crippen LogP) is 2.63. The smallest absolute Gasteiger partial charge is 0.272 e. The standard InChI is InChI=1S/C12H13F3N4O/c1-3-7(2)8-6-11(20)19(18-8)10-5-4-9(16-17-10)12(13,14)15/h4-5,7H,3,6H2,1-2H3. The lowest BCUT2D eigenvalue weighted by Gasteiger charge is -2.11. The summed E-state index contributed by atoms with van der Waals surface area (Å²) in [5.74, 6) is -0.165. The highest BCUT2D eigenvalue weighted by atomic mass is 19.4. The van der Waals surface area contributed by atoms with Gasteiger partial charge in [-0.3, -0.25) is 4.79 Å². The maximum absolute atomic E-state index is 12.4. The van der Waals surface area contributed by atoms with E-state index in [-0.39, 0.29) is 24.1 Å². The molecule has 20 heavy (non-hydrogen) atoms. The molecular formula is C12H13F3N4O. The van der Waals surface area contributed by atoms with Crippen LogP contribution in [0.1, 0.15) is 32.4 Å². The first-order chi connectivity index (χ1) is 9.32. The van der Waals surface area contributed by atoms with Crippen LogP contribution in [-0.4, -0.2) is 21.8 Å². The van der Waals surface area contributed by atoms with Crippen LogP contribution in [0.5, 0.6) is 0 Å². The van der Waals surface area contributed by atoms with E-state index in [0.29, 0.717) is 5.71 Å². The number of aromatic nitrogens is 2. The quantitative estimate of drug-likeness (QED) is 0.858. The average molecular weight is 286 g/mol. The summed E-state index contributed by atoms with van der Waals surface area (Å²) in [5.41, 5.74) is -0.391. The maximum Gasteiger partial charge on any atom is 0.435 e. The second-order valence-corrected chi connectivity index (χ2v) is 4.56. The molecule has 0 bridgehead atoms. The third-order valence-corrected chi connectivity index (χ3v) is 3.14. The van der Waals surface area contributed by atoms with Crippen molar-refractivity contribution >= 4 is 17.4 Å². The van der Waals surface area contributed by atoms with E-state index in [1.165, 1.54) is 0 Å². The molecule has 2 rings (SSSR count). The van der Waals surface area contributed by atoms with Crippen molar-refractivity contribution in [2.45, 2.75) is 32.9 Å². The molecule has 0 radical (unpaired) electrons. The summed E-state index contributed by atoms with van der Waals surface area (Å²) in [4.78, 5) is 11.8. The van der Waals surface area contributed by atoms with Gasteiger partial charge in [0, 0.05) is 0 Å². The van der Waals surface area contributed by atoms with E-state index in [2.05, 4.69) is 15.3 Å². The number of carbonyl (C=O) groups excluding carboxylic acids is 1. The number of amides is 1. The third kappa shape index (κ3) is 2.78. The molecule has 0 fully saturated rings. The number of halogens is 3. The molecule has 8 heteroatoms. The lowest BCUT2D eigenvalue weighted by molar-refractivity contribution is -0.141. The van der Waals surface area contributed by atoms with Crippen LogP contribution in [0.15, 0.2) is 17.2 Å². The average Bonchev–Trinajstić information content (AvgIpc) is 2.79. The minimum absolute atomic E-state index is 0.00121. The van der Waals surface area contributed by atoms with Crippen LogP contribution in [0.3, 0.4) is 0 Å². The zero-order chi connectivity index (χ0) is 14.9. The van der Waals surface area contributed by atoms with Crippen LogP contribution in [0.2, 0.25) is 0 Å². The summed E-state index contributed by atoms with van der Waals surface area (Å²) in [6.07, 6.45) is -3.55. The van der Waals surface area contributed by atoms with E-state index in [1.54, 1.807) is 0 Å². The number of rotatable bonds is 3. The fourth-order valence-electron chi connectivity index (χ4n) is 1.73. The number of alkyl halides is 3. The van der Waals surface area contributed by atoms with Crippen LogP contribution in [0, 0.1) is 5.92 Å². The van der Waals surface area contributed by atoms with Gasteiger partial charge in [-0.25, -0.2) is 0 Å². The van der Waals surface area contributed by atoms with E-state index < -0.39 is 11.9 Å². The minimum atomic E-state index is -4.55. The largest absolute Gasteiger partial charge is 0.435 e.